The molecule has 0 unspecified atom stereocenters. The third-order valence-corrected chi connectivity index (χ3v) is 4.54. The number of thiophene rings is 1. The Bertz CT molecular complexity index is 686. The molecule has 3 heterocycles. The van der Waals surface area contributed by atoms with Crippen molar-refractivity contribution in [2.75, 3.05) is 0 Å². The Morgan fingerprint density at radius 2 is 2.05 bits per heavy atom. The molecule has 0 saturated heterocycles. The summed E-state index contributed by atoms with van der Waals surface area (Å²) in [6.45, 7) is 1.65. The van der Waals surface area contributed by atoms with Crippen molar-refractivity contribution in [3.63, 3.8) is 0 Å². The summed E-state index contributed by atoms with van der Waals surface area (Å²) < 4.78 is 8.39. The molecule has 0 radical (unpaired) electrons. The number of halogens is 1. The van der Waals surface area contributed by atoms with Crippen LogP contribution in [0.5, 0.6) is 5.88 Å². The van der Waals surface area contributed by atoms with Gasteiger partial charge in [0.05, 0.1) is 9.90 Å². The van der Waals surface area contributed by atoms with Crippen molar-refractivity contribution in [2.24, 2.45) is 0 Å². The lowest BCUT2D eigenvalue weighted by molar-refractivity contribution is -0.121. The van der Waals surface area contributed by atoms with Crippen LogP contribution in [0.25, 0.3) is 10.4 Å². The fraction of sp³-hybridized carbons (Fsp3) is 0.333. The molecule has 2 aromatic rings. The van der Waals surface area contributed by atoms with E-state index in [1.165, 1.54) is 11.3 Å². The number of aromatic nitrogens is 2. The maximum atomic E-state index is 12.5. The molecule has 0 spiro atoms. The lowest BCUT2D eigenvalue weighted by Gasteiger charge is -2.17. The largest absolute Gasteiger partial charge is 0.409 e. The van der Waals surface area contributed by atoms with E-state index in [0.717, 1.165) is 12.8 Å². The van der Waals surface area contributed by atoms with Crippen LogP contribution in [0, 0.1) is 0 Å². The second-order valence-electron chi connectivity index (χ2n) is 4.25. The Morgan fingerprint density at radius 3 is 2.68 bits per heavy atom. The van der Waals surface area contributed by atoms with Crippen LogP contribution >= 0.6 is 22.9 Å². The Labute approximate surface area is 118 Å². The van der Waals surface area contributed by atoms with Crippen molar-refractivity contribution in [1.29, 1.82) is 0 Å². The first-order valence-electron chi connectivity index (χ1n) is 5.91. The fourth-order valence-corrected chi connectivity index (χ4v) is 3.55. The molecule has 0 fully saturated rings. The van der Waals surface area contributed by atoms with Crippen molar-refractivity contribution in [2.45, 2.75) is 25.9 Å². The molecule has 0 bridgehead atoms. The summed E-state index contributed by atoms with van der Waals surface area (Å²) in [4.78, 5) is 23.8. The first kappa shape index (κ1) is 12.5. The fourth-order valence-electron chi connectivity index (χ4n) is 2.37. The van der Waals surface area contributed by atoms with Crippen LogP contribution in [0.15, 0.2) is 16.2 Å². The second-order valence-corrected chi connectivity index (χ2v) is 5.57. The molecular weight excluding hydrogens is 288 g/mol. The maximum Gasteiger partial charge on any atom is 0.299 e. The molecule has 0 amide bonds. The highest BCUT2D eigenvalue weighted by atomic mass is 35.5. The minimum absolute atomic E-state index is 0.152. The molecule has 0 atom stereocenters. The minimum Gasteiger partial charge on any atom is -0.409 e. The number of carbonyl (C=O) groups is 1. The van der Waals surface area contributed by atoms with Gasteiger partial charge in [0, 0.05) is 13.1 Å². The van der Waals surface area contributed by atoms with E-state index in [2.05, 4.69) is 0 Å². The highest BCUT2D eigenvalue weighted by molar-refractivity contribution is 7.14. The molecule has 100 valence electrons. The summed E-state index contributed by atoms with van der Waals surface area (Å²) in [7, 11) is 0. The predicted molar refractivity (Wildman–Crippen MR) is 72.9 cm³/mol. The topological polar surface area (TPSA) is 53.2 Å². The first-order chi connectivity index (χ1) is 9.24. The molecule has 0 aromatic carbocycles. The Hall–Kier alpha value is -1.53. The molecule has 5 nitrogen and oxygen atoms in total. The number of carbonyl (C=O) groups excluding carboxylic acids is 1. The average Bonchev–Trinajstić information content (AvgIpc) is 2.94. The van der Waals surface area contributed by atoms with Gasteiger partial charge in [0.2, 0.25) is 5.88 Å². The van der Waals surface area contributed by atoms with E-state index in [9.17, 15) is 9.59 Å². The third kappa shape index (κ3) is 1.91. The lowest BCUT2D eigenvalue weighted by Crippen LogP contribution is -2.27. The average molecular weight is 299 g/mol. The third-order valence-electron chi connectivity index (χ3n) is 3.18. The van der Waals surface area contributed by atoms with E-state index in [1.807, 2.05) is 5.38 Å². The van der Waals surface area contributed by atoms with Gasteiger partial charge in [0.15, 0.2) is 0 Å². The van der Waals surface area contributed by atoms with Gasteiger partial charge >= 0.3 is 0 Å². The highest BCUT2D eigenvalue weighted by Gasteiger charge is 2.26. The predicted octanol–water partition coefficient (Wildman–Crippen LogP) is 2.36. The van der Waals surface area contributed by atoms with Crippen LogP contribution in [0.1, 0.15) is 12.8 Å². The van der Waals surface area contributed by atoms with E-state index in [-0.39, 0.29) is 5.56 Å². The number of nitrogens with zero attached hydrogens (tertiary/aromatic N) is 2. The molecule has 7 heteroatoms. The summed E-state index contributed by atoms with van der Waals surface area (Å²) in [5.74, 6) is 0.295. The van der Waals surface area contributed by atoms with Crippen LogP contribution in [0.3, 0.4) is 0 Å². The Balaban J connectivity index is 2.29. The number of hydrogen-bond acceptors (Lipinski definition) is 4. The number of ether oxygens (including phenoxy) is 1. The van der Waals surface area contributed by atoms with Crippen molar-refractivity contribution in [1.82, 2.24) is 9.36 Å². The number of rotatable bonds is 3. The van der Waals surface area contributed by atoms with Gasteiger partial charge in [-0.3, -0.25) is 14.3 Å². The summed E-state index contributed by atoms with van der Waals surface area (Å²) in [5.41, 5.74) is 0.231. The molecule has 1 aliphatic rings. The van der Waals surface area contributed by atoms with Crippen molar-refractivity contribution in [3.8, 4) is 16.3 Å². The smallest absolute Gasteiger partial charge is 0.299 e. The van der Waals surface area contributed by atoms with Gasteiger partial charge in [-0.25, -0.2) is 4.68 Å². The van der Waals surface area contributed by atoms with E-state index in [4.69, 9.17) is 16.3 Å². The van der Waals surface area contributed by atoms with Crippen molar-refractivity contribution >= 4 is 29.4 Å². The highest BCUT2D eigenvalue weighted by Crippen LogP contribution is 2.37. The molecular formula is C12H11ClN2O3S. The van der Waals surface area contributed by atoms with E-state index in [1.54, 1.807) is 15.4 Å². The van der Waals surface area contributed by atoms with Gasteiger partial charge in [-0.2, -0.15) is 0 Å². The van der Waals surface area contributed by atoms with Crippen LogP contribution < -0.4 is 10.3 Å². The van der Waals surface area contributed by atoms with E-state index < -0.39 is 0 Å². The van der Waals surface area contributed by atoms with Gasteiger partial charge in [-0.05, 0) is 24.3 Å². The summed E-state index contributed by atoms with van der Waals surface area (Å²) in [6, 6.07) is 1.73. The lowest BCUT2D eigenvalue weighted by atomic mass is 10.3. The van der Waals surface area contributed by atoms with Crippen molar-refractivity contribution in [3.05, 3.63) is 26.8 Å². The van der Waals surface area contributed by atoms with Gasteiger partial charge in [-0.15, -0.1) is 11.3 Å². The molecule has 0 aliphatic carbocycles. The molecule has 19 heavy (non-hydrogen) atoms. The summed E-state index contributed by atoms with van der Waals surface area (Å²) in [5, 5.41) is 2.31. The standard InChI is InChI=1S/C12H11ClN2O3S/c13-8-3-6-19-10(8)9-11(17)14-4-1-2-5-15(14)12(9)18-7-16/h3,6-7H,1-2,4-5H2. The van der Waals surface area contributed by atoms with Crippen LogP contribution in [0.4, 0.5) is 0 Å². The van der Waals surface area contributed by atoms with Gasteiger partial charge in [0.25, 0.3) is 12.0 Å². The normalized spacial score (nSPS) is 14.2. The van der Waals surface area contributed by atoms with Gasteiger partial charge in [-0.1, -0.05) is 11.6 Å². The van der Waals surface area contributed by atoms with Crippen LogP contribution in [-0.2, 0) is 17.9 Å². The van der Waals surface area contributed by atoms with E-state index >= 15 is 0 Å². The molecule has 3 rings (SSSR count). The zero-order valence-corrected chi connectivity index (χ0v) is 11.5. The summed E-state index contributed by atoms with van der Waals surface area (Å²) >= 11 is 7.46. The van der Waals surface area contributed by atoms with Gasteiger partial charge < -0.3 is 4.74 Å². The quantitative estimate of drug-likeness (QED) is 0.817. The molecule has 0 saturated carbocycles. The zero-order valence-electron chi connectivity index (χ0n) is 9.97. The minimum atomic E-state index is -0.152. The Morgan fingerprint density at radius 1 is 1.32 bits per heavy atom. The van der Waals surface area contributed by atoms with Crippen molar-refractivity contribution < 1.29 is 9.53 Å². The first-order valence-corrected chi connectivity index (χ1v) is 7.17. The van der Waals surface area contributed by atoms with E-state index in [0.29, 0.717) is 40.9 Å². The molecule has 0 N–H and O–H groups in total. The van der Waals surface area contributed by atoms with Gasteiger partial charge in [0.1, 0.15) is 5.56 Å². The Kier molecular flexibility index (Phi) is 3.20. The maximum absolute atomic E-state index is 12.5. The van der Waals surface area contributed by atoms with Crippen LogP contribution in [0.2, 0.25) is 5.02 Å². The SMILES string of the molecule is O=COc1c(-c2sccc2Cl)c(=O)n2n1CCCC2. The summed E-state index contributed by atoms with van der Waals surface area (Å²) in [6.07, 6.45) is 1.91. The number of fused-ring (bicyclic) bond motifs is 1. The molecule has 2 aromatic heterocycles. The second kappa shape index (κ2) is 4.86. The zero-order chi connectivity index (χ0) is 13.4. The monoisotopic (exact) mass is 298 g/mol. The molecule has 1 aliphatic heterocycles. The number of hydrogen-bond donors (Lipinski definition) is 0. The van der Waals surface area contributed by atoms with Crippen LogP contribution in [-0.4, -0.2) is 15.8 Å².